The highest BCUT2D eigenvalue weighted by molar-refractivity contribution is 7.90. The standard InChI is InChI=1S/C23H23F2N7O3S/c1-11-10-26-22(32(11)2)13-6-7-14(16(8-13)36(3,34)35)27-15-9-17(29-23(33)12-4-5-12)28-20-18(15)30-21(31-20)19(24)25/h6-10,12,19H,4-5H2,1-3H3,(H3,27,28,29,30,31,33). The molecule has 3 N–H and O–H groups in total. The smallest absolute Gasteiger partial charge is 0.295 e. The second-order valence-corrected chi connectivity index (χ2v) is 10.8. The second kappa shape index (κ2) is 8.66. The number of aromatic nitrogens is 5. The number of anilines is 3. The van der Waals surface area contributed by atoms with E-state index < -0.39 is 22.1 Å². The number of carbonyl (C=O) groups excluding carboxylic acids is 1. The molecule has 3 aromatic heterocycles. The number of aromatic amines is 1. The summed E-state index contributed by atoms with van der Waals surface area (Å²) in [6, 6.07) is 6.23. The number of nitrogens with zero attached hydrogens (tertiary/aromatic N) is 4. The van der Waals surface area contributed by atoms with Gasteiger partial charge in [0.25, 0.3) is 6.43 Å². The lowest BCUT2D eigenvalue weighted by Gasteiger charge is -2.14. The van der Waals surface area contributed by atoms with Gasteiger partial charge in [0, 0.05) is 42.7 Å². The number of amides is 1. The zero-order valence-corrected chi connectivity index (χ0v) is 20.4. The zero-order chi connectivity index (χ0) is 25.8. The van der Waals surface area contributed by atoms with Crippen molar-refractivity contribution >= 4 is 44.1 Å². The van der Waals surface area contributed by atoms with Crippen molar-refractivity contribution in [1.29, 1.82) is 0 Å². The number of hydrogen-bond donors (Lipinski definition) is 3. The van der Waals surface area contributed by atoms with E-state index in [4.69, 9.17) is 0 Å². The monoisotopic (exact) mass is 515 g/mol. The number of nitrogens with one attached hydrogen (secondary N) is 3. The van der Waals surface area contributed by atoms with Gasteiger partial charge in [-0.05, 0) is 38.0 Å². The molecule has 0 aliphatic heterocycles. The first kappa shape index (κ1) is 23.9. The maximum absolute atomic E-state index is 13.4. The van der Waals surface area contributed by atoms with E-state index in [1.54, 1.807) is 18.3 Å². The summed E-state index contributed by atoms with van der Waals surface area (Å²) in [4.78, 5) is 27.2. The minimum absolute atomic E-state index is 0.0150. The number of pyridine rings is 1. The van der Waals surface area contributed by atoms with Crippen LogP contribution in [0, 0.1) is 12.8 Å². The Hall–Kier alpha value is -3.87. The van der Waals surface area contributed by atoms with Crippen molar-refractivity contribution in [3.05, 3.63) is 42.0 Å². The van der Waals surface area contributed by atoms with Crippen molar-refractivity contribution in [3.63, 3.8) is 0 Å². The van der Waals surface area contributed by atoms with Crippen LogP contribution in [-0.2, 0) is 21.7 Å². The fraction of sp³-hybridized carbons (Fsp3) is 0.304. The summed E-state index contributed by atoms with van der Waals surface area (Å²) in [5.74, 6) is -0.180. The highest BCUT2D eigenvalue weighted by atomic mass is 32.2. The van der Waals surface area contributed by atoms with Crippen molar-refractivity contribution in [2.45, 2.75) is 31.1 Å². The van der Waals surface area contributed by atoms with Gasteiger partial charge in [0.1, 0.15) is 17.2 Å². The molecule has 1 saturated carbocycles. The quantitative estimate of drug-likeness (QED) is 0.337. The number of fused-ring (bicyclic) bond motifs is 1. The Bertz CT molecular complexity index is 1610. The Labute approximate surface area is 205 Å². The van der Waals surface area contributed by atoms with Gasteiger partial charge in [-0.2, -0.15) is 0 Å². The van der Waals surface area contributed by atoms with Crippen molar-refractivity contribution < 1.29 is 22.0 Å². The summed E-state index contributed by atoms with van der Waals surface area (Å²) < 4.78 is 54.0. The molecule has 13 heteroatoms. The summed E-state index contributed by atoms with van der Waals surface area (Å²) in [6.45, 7) is 1.88. The average molecular weight is 516 g/mol. The number of benzene rings is 1. The minimum atomic E-state index is -3.72. The third kappa shape index (κ3) is 4.53. The van der Waals surface area contributed by atoms with Gasteiger partial charge in [-0.15, -0.1) is 0 Å². The molecule has 0 bridgehead atoms. The Morgan fingerprint density at radius 3 is 2.56 bits per heavy atom. The molecular formula is C23H23F2N7O3S. The first-order chi connectivity index (χ1) is 17.0. The highest BCUT2D eigenvalue weighted by Gasteiger charge is 2.30. The third-order valence-electron chi connectivity index (χ3n) is 6.01. The topological polar surface area (TPSA) is 135 Å². The molecule has 0 radical (unpaired) electrons. The predicted octanol–water partition coefficient (Wildman–Crippen LogP) is 4.10. The Morgan fingerprint density at radius 1 is 1.19 bits per heavy atom. The van der Waals surface area contributed by atoms with E-state index in [9.17, 15) is 22.0 Å². The van der Waals surface area contributed by atoms with Gasteiger partial charge in [0.05, 0.1) is 16.3 Å². The van der Waals surface area contributed by atoms with E-state index in [1.165, 1.54) is 12.1 Å². The van der Waals surface area contributed by atoms with E-state index in [0.717, 1.165) is 24.8 Å². The van der Waals surface area contributed by atoms with Crippen LogP contribution in [0.15, 0.2) is 35.4 Å². The molecule has 1 amide bonds. The maximum atomic E-state index is 13.4. The van der Waals surface area contributed by atoms with Gasteiger partial charge < -0.3 is 20.2 Å². The molecule has 188 valence electrons. The predicted molar refractivity (Wildman–Crippen MR) is 130 cm³/mol. The molecule has 1 aliphatic rings. The summed E-state index contributed by atoms with van der Waals surface area (Å²) in [5, 5.41) is 5.70. The summed E-state index contributed by atoms with van der Waals surface area (Å²) in [5.41, 5.74) is 2.02. The molecule has 1 fully saturated rings. The van der Waals surface area contributed by atoms with Crippen LogP contribution in [0.1, 0.15) is 30.8 Å². The van der Waals surface area contributed by atoms with Crippen LogP contribution in [0.4, 0.5) is 26.0 Å². The molecule has 1 aromatic carbocycles. The Morgan fingerprint density at radius 2 is 1.94 bits per heavy atom. The van der Waals surface area contributed by atoms with Gasteiger partial charge in [-0.25, -0.2) is 32.2 Å². The number of aryl methyl sites for hydroxylation is 1. The second-order valence-electron chi connectivity index (χ2n) is 8.83. The highest BCUT2D eigenvalue weighted by Crippen LogP contribution is 2.35. The largest absolute Gasteiger partial charge is 0.352 e. The van der Waals surface area contributed by atoms with E-state index >= 15 is 0 Å². The molecule has 4 aromatic rings. The molecule has 0 atom stereocenters. The van der Waals surface area contributed by atoms with Crippen LogP contribution in [0.25, 0.3) is 22.6 Å². The number of alkyl halides is 2. The molecule has 36 heavy (non-hydrogen) atoms. The molecule has 0 unspecified atom stereocenters. The lowest BCUT2D eigenvalue weighted by molar-refractivity contribution is -0.117. The van der Waals surface area contributed by atoms with Crippen LogP contribution in [-0.4, -0.2) is 45.1 Å². The normalized spacial score (nSPS) is 13.9. The number of sulfone groups is 1. The molecule has 10 nitrogen and oxygen atoms in total. The minimum Gasteiger partial charge on any atom is -0.352 e. The number of imidazole rings is 2. The molecular weight excluding hydrogens is 492 g/mol. The van der Waals surface area contributed by atoms with Gasteiger partial charge in [0.2, 0.25) is 5.91 Å². The van der Waals surface area contributed by atoms with E-state index in [0.29, 0.717) is 11.4 Å². The zero-order valence-electron chi connectivity index (χ0n) is 19.6. The SMILES string of the molecule is Cc1cnc(-c2ccc(Nc3cc(NC(=O)C4CC4)nc4[nH]c(C(F)F)nc34)c(S(C)(=O)=O)c2)n1C. The van der Waals surface area contributed by atoms with E-state index in [-0.39, 0.29) is 45.1 Å². The van der Waals surface area contributed by atoms with Crippen LogP contribution in [0.3, 0.4) is 0 Å². The van der Waals surface area contributed by atoms with Crippen molar-refractivity contribution in [1.82, 2.24) is 24.5 Å². The van der Waals surface area contributed by atoms with E-state index in [2.05, 4.69) is 30.6 Å². The lowest BCUT2D eigenvalue weighted by atomic mass is 10.2. The first-order valence-electron chi connectivity index (χ1n) is 11.1. The Kier molecular flexibility index (Phi) is 5.74. The maximum Gasteiger partial charge on any atom is 0.295 e. The number of halogens is 2. The van der Waals surface area contributed by atoms with Crippen molar-refractivity contribution in [2.24, 2.45) is 13.0 Å². The van der Waals surface area contributed by atoms with Gasteiger partial charge in [-0.3, -0.25) is 4.79 Å². The number of H-pyrrole nitrogens is 1. The number of hydrogen-bond acceptors (Lipinski definition) is 7. The number of carbonyl (C=O) groups is 1. The van der Waals surface area contributed by atoms with Gasteiger partial charge in [0.15, 0.2) is 21.3 Å². The van der Waals surface area contributed by atoms with Crippen molar-refractivity contribution in [3.8, 4) is 11.4 Å². The first-order valence-corrected chi connectivity index (χ1v) is 13.0. The molecule has 0 spiro atoms. The summed E-state index contributed by atoms with van der Waals surface area (Å²) in [6.07, 6.45) is 1.44. The fourth-order valence-electron chi connectivity index (χ4n) is 3.82. The molecule has 0 saturated heterocycles. The van der Waals surface area contributed by atoms with Crippen molar-refractivity contribution in [2.75, 3.05) is 16.9 Å². The molecule has 3 heterocycles. The average Bonchev–Trinajstić information content (AvgIpc) is 3.49. The van der Waals surface area contributed by atoms with Crippen LogP contribution in [0.5, 0.6) is 0 Å². The van der Waals surface area contributed by atoms with Gasteiger partial charge in [-0.1, -0.05) is 0 Å². The Balaban J connectivity index is 1.60. The summed E-state index contributed by atoms with van der Waals surface area (Å²) in [7, 11) is -1.89. The molecule has 5 rings (SSSR count). The third-order valence-corrected chi connectivity index (χ3v) is 7.14. The van der Waals surface area contributed by atoms with E-state index in [1.807, 2.05) is 18.5 Å². The number of rotatable bonds is 7. The van der Waals surface area contributed by atoms with Gasteiger partial charge >= 0.3 is 0 Å². The lowest BCUT2D eigenvalue weighted by Crippen LogP contribution is -2.14. The fourth-order valence-corrected chi connectivity index (χ4v) is 4.68. The molecule has 1 aliphatic carbocycles. The van der Waals surface area contributed by atoms with Crippen LogP contribution in [0.2, 0.25) is 0 Å². The van der Waals surface area contributed by atoms with Crippen LogP contribution >= 0.6 is 0 Å². The van der Waals surface area contributed by atoms with Crippen LogP contribution < -0.4 is 10.6 Å². The summed E-state index contributed by atoms with van der Waals surface area (Å²) >= 11 is 0.